The van der Waals surface area contributed by atoms with Crippen LogP contribution in [0.1, 0.15) is 26.2 Å². The second-order valence-corrected chi connectivity index (χ2v) is 7.23. The van der Waals surface area contributed by atoms with Gasteiger partial charge in [0, 0.05) is 17.6 Å². The quantitative estimate of drug-likeness (QED) is 0.840. The molecule has 3 rings (SSSR count). The molecule has 0 radical (unpaired) electrons. The van der Waals surface area contributed by atoms with Crippen molar-refractivity contribution >= 4 is 29.3 Å². The molecule has 6 heteroatoms. The van der Waals surface area contributed by atoms with Crippen LogP contribution in [0.25, 0.3) is 11.3 Å². The van der Waals surface area contributed by atoms with Crippen LogP contribution in [0, 0.1) is 0 Å². The van der Waals surface area contributed by atoms with Crippen LogP contribution in [0.15, 0.2) is 35.6 Å². The number of amides is 1. The molecule has 1 aliphatic heterocycles. The predicted octanol–water partition coefficient (Wildman–Crippen LogP) is 4.22. The number of H-pyrrole nitrogens is 1. The number of carbonyl (C=O) groups is 1. The molecule has 1 fully saturated rings. The molecule has 23 heavy (non-hydrogen) atoms. The van der Waals surface area contributed by atoms with Gasteiger partial charge in [0.2, 0.25) is 5.91 Å². The zero-order valence-corrected chi connectivity index (χ0v) is 14.7. The number of imidazole rings is 1. The highest BCUT2D eigenvalue weighted by Crippen LogP contribution is 2.24. The Balaban J connectivity index is 1.58. The Morgan fingerprint density at radius 1 is 1.39 bits per heavy atom. The average molecular weight is 350 g/mol. The number of likely N-dealkylation sites (tertiary alicyclic amines) is 1. The Kier molecular flexibility index (Phi) is 5.28. The summed E-state index contributed by atoms with van der Waals surface area (Å²) in [6, 6.07) is 7.96. The maximum Gasteiger partial charge on any atom is 0.233 e. The van der Waals surface area contributed by atoms with Crippen molar-refractivity contribution in [1.29, 1.82) is 0 Å². The van der Waals surface area contributed by atoms with Crippen molar-refractivity contribution in [3.63, 3.8) is 0 Å². The fourth-order valence-electron chi connectivity index (χ4n) is 2.83. The van der Waals surface area contributed by atoms with Crippen molar-refractivity contribution in [1.82, 2.24) is 14.9 Å². The number of aromatic nitrogens is 2. The van der Waals surface area contributed by atoms with Gasteiger partial charge >= 0.3 is 0 Å². The zero-order chi connectivity index (χ0) is 16.2. The van der Waals surface area contributed by atoms with Crippen molar-refractivity contribution in [2.75, 3.05) is 12.3 Å². The predicted molar refractivity (Wildman–Crippen MR) is 94.8 cm³/mol. The molecule has 1 saturated heterocycles. The van der Waals surface area contributed by atoms with Gasteiger partial charge in [0.25, 0.3) is 0 Å². The average Bonchev–Trinajstić information content (AvgIpc) is 3.03. The molecule has 1 unspecified atom stereocenters. The van der Waals surface area contributed by atoms with Crippen molar-refractivity contribution in [2.45, 2.75) is 37.4 Å². The first kappa shape index (κ1) is 16.4. The van der Waals surface area contributed by atoms with Gasteiger partial charge in [-0.3, -0.25) is 4.79 Å². The van der Waals surface area contributed by atoms with E-state index in [1.54, 1.807) is 6.20 Å². The largest absolute Gasteiger partial charge is 0.339 e. The molecular formula is C17H20ClN3OS. The summed E-state index contributed by atoms with van der Waals surface area (Å²) in [5, 5.41) is 1.48. The first-order valence-electron chi connectivity index (χ1n) is 7.86. The minimum absolute atomic E-state index is 0.201. The summed E-state index contributed by atoms with van der Waals surface area (Å²) in [7, 11) is 0. The van der Waals surface area contributed by atoms with E-state index in [0.717, 1.165) is 35.8 Å². The van der Waals surface area contributed by atoms with Crippen LogP contribution in [-0.2, 0) is 4.79 Å². The highest BCUT2D eigenvalue weighted by molar-refractivity contribution is 7.99. The molecule has 1 N–H and O–H groups in total. The van der Waals surface area contributed by atoms with Gasteiger partial charge in [-0.05, 0) is 43.9 Å². The molecule has 1 amide bonds. The van der Waals surface area contributed by atoms with Crippen LogP contribution in [-0.4, -0.2) is 39.1 Å². The van der Waals surface area contributed by atoms with Gasteiger partial charge in [-0.1, -0.05) is 35.5 Å². The molecule has 0 aliphatic carbocycles. The fourth-order valence-corrected chi connectivity index (χ4v) is 3.70. The van der Waals surface area contributed by atoms with Gasteiger partial charge in [-0.15, -0.1) is 0 Å². The Labute approximate surface area is 145 Å². The number of rotatable bonds is 4. The van der Waals surface area contributed by atoms with Crippen LogP contribution in [0.2, 0.25) is 5.02 Å². The summed E-state index contributed by atoms with van der Waals surface area (Å²) in [5.74, 6) is 0.629. The number of benzene rings is 1. The molecule has 1 atom stereocenters. The van der Waals surface area contributed by atoms with Crippen molar-refractivity contribution in [3.05, 3.63) is 35.5 Å². The molecule has 4 nitrogen and oxygen atoms in total. The van der Waals surface area contributed by atoms with Gasteiger partial charge in [0.1, 0.15) is 0 Å². The normalized spacial score (nSPS) is 18.2. The summed E-state index contributed by atoms with van der Waals surface area (Å²) >= 11 is 7.36. The molecule has 1 aromatic heterocycles. The fraction of sp³-hybridized carbons (Fsp3) is 0.412. The number of hydrogen-bond donors (Lipinski definition) is 1. The topological polar surface area (TPSA) is 49.0 Å². The molecule has 1 aliphatic rings. The summed E-state index contributed by atoms with van der Waals surface area (Å²) < 4.78 is 0. The summed E-state index contributed by atoms with van der Waals surface area (Å²) in [4.78, 5) is 22.0. The van der Waals surface area contributed by atoms with Crippen molar-refractivity contribution in [3.8, 4) is 11.3 Å². The number of piperidine rings is 1. The second-order valence-electron chi connectivity index (χ2n) is 5.83. The Hall–Kier alpha value is -1.46. The third kappa shape index (κ3) is 4.09. The first-order valence-corrected chi connectivity index (χ1v) is 9.23. The molecule has 0 spiro atoms. The maximum atomic E-state index is 12.3. The third-order valence-corrected chi connectivity index (χ3v) is 5.29. The number of nitrogens with zero attached hydrogens (tertiary/aromatic N) is 2. The van der Waals surface area contributed by atoms with Gasteiger partial charge in [-0.2, -0.15) is 0 Å². The Morgan fingerprint density at radius 2 is 2.17 bits per heavy atom. The molecule has 122 valence electrons. The lowest BCUT2D eigenvalue weighted by molar-refractivity contribution is -0.131. The summed E-state index contributed by atoms with van der Waals surface area (Å²) in [5.41, 5.74) is 1.97. The van der Waals surface area contributed by atoms with E-state index in [4.69, 9.17) is 11.6 Å². The van der Waals surface area contributed by atoms with Crippen LogP contribution >= 0.6 is 23.4 Å². The molecule has 0 bridgehead atoms. The van der Waals surface area contributed by atoms with E-state index in [1.807, 2.05) is 29.2 Å². The number of halogens is 1. The third-order valence-electron chi connectivity index (χ3n) is 4.16. The zero-order valence-electron chi connectivity index (χ0n) is 13.1. The standard InChI is InChI=1S/C17H20ClN3OS/c1-12-4-2-3-9-21(12)16(22)11-23-17-19-10-15(20-17)13-5-7-14(18)8-6-13/h5-8,10,12H,2-4,9,11H2,1H3,(H,19,20). The smallest absolute Gasteiger partial charge is 0.233 e. The number of hydrogen-bond acceptors (Lipinski definition) is 3. The van der Waals surface area contributed by atoms with Gasteiger partial charge < -0.3 is 9.88 Å². The van der Waals surface area contributed by atoms with Crippen LogP contribution in [0.5, 0.6) is 0 Å². The minimum atomic E-state index is 0.201. The van der Waals surface area contributed by atoms with E-state index in [9.17, 15) is 4.79 Å². The number of thioether (sulfide) groups is 1. The number of nitrogens with one attached hydrogen (secondary N) is 1. The number of aromatic amines is 1. The van der Waals surface area contributed by atoms with Gasteiger partial charge in [-0.25, -0.2) is 4.98 Å². The Bertz CT molecular complexity index is 671. The molecule has 2 heterocycles. The first-order chi connectivity index (χ1) is 11.1. The summed E-state index contributed by atoms with van der Waals surface area (Å²) in [6.45, 7) is 3.02. The summed E-state index contributed by atoms with van der Waals surface area (Å²) in [6.07, 6.45) is 5.24. The molecule has 1 aromatic carbocycles. The second kappa shape index (κ2) is 7.41. The molecule has 0 saturated carbocycles. The molecular weight excluding hydrogens is 330 g/mol. The highest BCUT2D eigenvalue weighted by Gasteiger charge is 2.23. The van der Waals surface area contributed by atoms with E-state index in [1.165, 1.54) is 18.2 Å². The van der Waals surface area contributed by atoms with E-state index in [0.29, 0.717) is 16.8 Å². The lowest BCUT2D eigenvalue weighted by Gasteiger charge is -2.33. The Morgan fingerprint density at radius 3 is 2.91 bits per heavy atom. The van der Waals surface area contributed by atoms with Crippen LogP contribution < -0.4 is 0 Å². The van der Waals surface area contributed by atoms with Gasteiger partial charge in [0.05, 0.1) is 17.6 Å². The van der Waals surface area contributed by atoms with E-state index in [-0.39, 0.29) is 5.91 Å². The van der Waals surface area contributed by atoms with E-state index in [2.05, 4.69) is 16.9 Å². The molecule has 2 aromatic rings. The minimum Gasteiger partial charge on any atom is -0.339 e. The lowest BCUT2D eigenvalue weighted by atomic mass is 10.0. The van der Waals surface area contributed by atoms with E-state index >= 15 is 0 Å². The van der Waals surface area contributed by atoms with Crippen molar-refractivity contribution < 1.29 is 4.79 Å². The SMILES string of the molecule is CC1CCCCN1C(=O)CSc1ncc(-c2ccc(Cl)cc2)[nH]1. The van der Waals surface area contributed by atoms with Crippen LogP contribution in [0.3, 0.4) is 0 Å². The van der Waals surface area contributed by atoms with Crippen molar-refractivity contribution in [2.24, 2.45) is 0 Å². The maximum absolute atomic E-state index is 12.3. The van der Waals surface area contributed by atoms with E-state index < -0.39 is 0 Å². The monoisotopic (exact) mass is 349 g/mol. The van der Waals surface area contributed by atoms with Crippen LogP contribution in [0.4, 0.5) is 0 Å². The lowest BCUT2D eigenvalue weighted by Crippen LogP contribution is -2.42. The number of carbonyl (C=O) groups excluding carboxylic acids is 1. The highest BCUT2D eigenvalue weighted by atomic mass is 35.5. The van der Waals surface area contributed by atoms with Gasteiger partial charge in [0.15, 0.2) is 5.16 Å².